The molecule has 1 aromatic rings. The minimum Gasteiger partial charge on any atom is -0.377 e. The first-order valence-electron chi connectivity index (χ1n) is 6.28. The molecule has 0 radical (unpaired) electrons. The van der Waals surface area contributed by atoms with Crippen molar-refractivity contribution in [3.8, 4) is 0 Å². The van der Waals surface area contributed by atoms with Crippen LogP contribution >= 0.6 is 0 Å². The zero-order chi connectivity index (χ0) is 15.6. The van der Waals surface area contributed by atoms with E-state index in [2.05, 4.69) is 5.32 Å². The molecular formula is C14H19F4NO. The number of nitrogens with one attached hydrogen (secondary N) is 1. The lowest BCUT2D eigenvalue weighted by Gasteiger charge is -2.36. The van der Waals surface area contributed by atoms with Crippen molar-refractivity contribution < 1.29 is 22.3 Å². The molecule has 0 aliphatic rings. The van der Waals surface area contributed by atoms with Gasteiger partial charge in [-0.3, -0.25) is 0 Å². The molecule has 2 atom stereocenters. The Hall–Kier alpha value is -1.14. The summed E-state index contributed by atoms with van der Waals surface area (Å²) in [6, 6.07) is 2.55. The van der Waals surface area contributed by atoms with Crippen molar-refractivity contribution in [2.24, 2.45) is 0 Å². The van der Waals surface area contributed by atoms with Gasteiger partial charge in [0.05, 0.1) is 17.2 Å². The predicted molar refractivity (Wildman–Crippen MR) is 68.9 cm³/mol. The van der Waals surface area contributed by atoms with E-state index in [0.29, 0.717) is 12.0 Å². The fourth-order valence-electron chi connectivity index (χ4n) is 2.23. The summed E-state index contributed by atoms with van der Waals surface area (Å²) in [5.41, 5.74) is -1.48. The van der Waals surface area contributed by atoms with Gasteiger partial charge < -0.3 is 10.1 Å². The normalized spacial score (nSPS) is 16.8. The summed E-state index contributed by atoms with van der Waals surface area (Å²) in [5.74, 6) is -1.27. The molecule has 0 saturated heterocycles. The summed E-state index contributed by atoms with van der Waals surface area (Å²) >= 11 is 0. The molecule has 0 heterocycles. The summed E-state index contributed by atoms with van der Waals surface area (Å²) in [7, 11) is 3.18. The second-order valence-electron chi connectivity index (χ2n) is 4.83. The SMILES string of the molecule is CCC(C)(OC)C(NC)c1ccc(C(F)(F)F)c(F)c1. The van der Waals surface area contributed by atoms with Gasteiger partial charge in [-0.15, -0.1) is 0 Å². The maximum absolute atomic E-state index is 13.7. The van der Waals surface area contributed by atoms with Crippen molar-refractivity contribution in [2.45, 2.75) is 38.1 Å². The van der Waals surface area contributed by atoms with Crippen LogP contribution < -0.4 is 5.32 Å². The standard InChI is InChI=1S/C14H19F4NO/c1-5-13(2,20-4)12(19-3)9-6-7-10(11(15)8-9)14(16,17)18/h6-8,12,19H,5H2,1-4H3. The summed E-state index contributed by atoms with van der Waals surface area (Å²) in [5, 5.41) is 2.97. The third-order valence-electron chi connectivity index (χ3n) is 3.70. The van der Waals surface area contributed by atoms with Gasteiger partial charge in [0, 0.05) is 7.11 Å². The first-order chi connectivity index (χ1) is 9.19. The number of halogens is 4. The highest BCUT2D eigenvalue weighted by Gasteiger charge is 2.36. The summed E-state index contributed by atoms with van der Waals surface area (Å²) in [4.78, 5) is 0. The van der Waals surface area contributed by atoms with E-state index in [1.54, 1.807) is 7.05 Å². The Morgan fingerprint density at radius 1 is 1.30 bits per heavy atom. The van der Waals surface area contributed by atoms with E-state index in [-0.39, 0.29) is 0 Å². The lowest BCUT2D eigenvalue weighted by Crippen LogP contribution is -2.41. The van der Waals surface area contributed by atoms with Crippen LogP contribution in [0.2, 0.25) is 0 Å². The molecule has 1 N–H and O–H groups in total. The summed E-state index contributed by atoms with van der Waals surface area (Å²) in [6.45, 7) is 3.72. The lowest BCUT2D eigenvalue weighted by atomic mass is 9.87. The Kier molecular flexibility index (Phi) is 5.15. The van der Waals surface area contributed by atoms with Gasteiger partial charge in [0.25, 0.3) is 0 Å². The highest BCUT2D eigenvalue weighted by Crippen LogP contribution is 2.35. The van der Waals surface area contributed by atoms with Crippen molar-refractivity contribution in [1.82, 2.24) is 5.32 Å². The number of alkyl halides is 3. The molecule has 2 unspecified atom stereocenters. The smallest absolute Gasteiger partial charge is 0.377 e. The average Bonchev–Trinajstić information content (AvgIpc) is 2.37. The zero-order valence-corrected chi connectivity index (χ0v) is 11.9. The number of likely N-dealkylation sites (N-methyl/N-ethyl adjacent to an activating group) is 1. The lowest BCUT2D eigenvalue weighted by molar-refractivity contribution is -0.140. The van der Waals surface area contributed by atoms with Crippen LogP contribution in [0.1, 0.15) is 37.4 Å². The van der Waals surface area contributed by atoms with Crippen LogP contribution in [0.15, 0.2) is 18.2 Å². The molecule has 1 aromatic carbocycles. The molecule has 0 fully saturated rings. The maximum atomic E-state index is 13.7. The Balaban J connectivity index is 3.23. The van der Waals surface area contributed by atoms with Gasteiger partial charge in [-0.25, -0.2) is 4.39 Å². The van der Waals surface area contributed by atoms with Crippen LogP contribution in [0.5, 0.6) is 0 Å². The zero-order valence-electron chi connectivity index (χ0n) is 11.9. The molecule has 0 aliphatic carbocycles. The van der Waals surface area contributed by atoms with E-state index in [0.717, 1.165) is 12.1 Å². The van der Waals surface area contributed by atoms with Gasteiger partial charge in [0.1, 0.15) is 5.82 Å². The number of hydrogen-bond donors (Lipinski definition) is 1. The van der Waals surface area contributed by atoms with Gasteiger partial charge >= 0.3 is 6.18 Å². The van der Waals surface area contributed by atoms with Gasteiger partial charge in [0.2, 0.25) is 0 Å². The van der Waals surface area contributed by atoms with Crippen molar-refractivity contribution in [1.29, 1.82) is 0 Å². The third kappa shape index (κ3) is 3.30. The van der Waals surface area contributed by atoms with E-state index >= 15 is 0 Å². The molecule has 0 aliphatic heterocycles. The molecule has 114 valence electrons. The second-order valence-corrected chi connectivity index (χ2v) is 4.83. The van der Waals surface area contributed by atoms with Crippen LogP contribution in [-0.4, -0.2) is 19.8 Å². The summed E-state index contributed by atoms with van der Waals surface area (Å²) in [6.07, 6.45) is -4.06. The topological polar surface area (TPSA) is 21.3 Å². The Morgan fingerprint density at radius 2 is 1.90 bits per heavy atom. The van der Waals surface area contributed by atoms with E-state index in [4.69, 9.17) is 4.74 Å². The monoisotopic (exact) mass is 293 g/mol. The first kappa shape index (κ1) is 16.9. The van der Waals surface area contributed by atoms with Crippen molar-refractivity contribution in [3.63, 3.8) is 0 Å². The minimum atomic E-state index is -4.69. The molecule has 0 amide bonds. The molecule has 6 heteroatoms. The third-order valence-corrected chi connectivity index (χ3v) is 3.70. The molecule has 0 aromatic heterocycles. The van der Waals surface area contributed by atoms with Crippen molar-refractivity contribution in [3.05, 3.63) is 35.1 Å². The summed E-state index contributed by atoms with van der Waals surface area (Å²) < 4.78 is 56.7. The number of rotatable bonds is 5. The predicted octanol–water partition coefficient (Wildman–Crippen LogP) is 3.92. The van der Waals surface area contributed by atoms with Crippen molar-refractivity contribution in [2.75, 3.05) is 14.2 Å². The molecule has 0 spiro atoms. The molecule has 0 bridgehead atoms. The minimum absolute atomic E-state index is 0.408. The van der Waals surface area contributed by atoms with Crippen LogP contribution in [0.4, 0.5) is 17.6 Å². The Morgan fingerprint density at radius 3 is 2.25 bits per heavy atom. The molecule has 0 saturated carbocycles. The number of benzene rings is 1. The number of hydrogen-bond acceptors (Lipinski definition) is 2. The number of methoxy groups -OCH3 is 1. The van der Waals surface area contributed by atoms with E-state index < -0.39 is 29.2 Å². The maximum Gasteiger partial charge on any atom is 0.419 e. The van der Waals surface area contributed by atoms with Crippen LogP contribution in [0, 0.1) is 5.82 Å². The largest absolute Gasteiger partial charge is 0.419 e. The highest BCUT2D eigenvalue weighted by molar-refractivity contribution is 5.30. The van der Waals surface area contributed by atoms with E-state index in [9.17, 15) is 17.6 Å². The number of ether oxygens (including phenoxy) is 1. The molecule has 1 rings (SSSR count). The van der Waals surface area contributed by atoms with Crippen molar-refractivity contribution >= 4 is 0 Å². The fourth-order valence-corrected chi connectivity index (χ4v) is 2.23. The van der Waals surface area contributed by atoms with Crippen LogP contribution in [0.3, 0.4) is 0 Å². The van der Waals surface area contributed by atoms with Gasteiger partial charge in [-0.05, 0) is 38.1 Å². The molecule has 2 nitrogen and oxygen atoms in total. The quantitative estimate of drug-likeness (QED) is 0.831. The molecular weight excluding hydrogens is 274 g/mol. The fraction of sp³-hybridized carbons (Fsp3) is 0.571. The average molecular weight is 293 g/mol. The highest BCUT2D eigenvalue weighted by atomic mass is 19.4. The Bertz CT molecular complexity index is 455. The van der Waals surface area contributed by atoms with E-state index in [1.807, 2.05) is 13.8 Å². The van der Waals surface area contributed by atoms with E-state index in [1.165, 1.54) is 13.2 Å². The molecule has 20 heavy (non-hydrogen) atoms. The van der Waals surface area contributed by atoms with Gasteiger partial charge in [0.15, 0.2) is 0 Å². The first-order valence-corrected chi connectivity index (χ1v) is 6.28. The van der Waals surface area contributed by atoms with Crippen LogP contribution in [0.25, 0.3) is 0 Å². The Labute approximate surface area is 116 Å². The van der Waals surface area contributed by atoms with Crippen LogP contribution in [-0.2, 0) is 10.9 Å². The van der Waals surface area contributed by atoms with Gasteiger partial charge in [-0.1, -0.05) is 13.0 Å². The van der Waals surface area contributed by atoms with Gasteiger partial charge in [-0.2, -0.15) is 13.2 Å². The second kappa shape index (κ2) is 6.10.